The summed E-state index contributed by atoms with van der Waals surface area (Å²) in [6.07, 6.45) is -0.388. The number of carbonyl (C=O) groups excluding carboxylic acids is 1. The number of carbonyl (C=O) groups is 1. The Morgan fingerprint density at radius 1 is 1.04 bits per heavy atom. The highest BCUT2D eigenvalue weighted by molar-refractivity contribution is 7.53. The highest BCUT2D eigenvalue weighted by Gasteiger charge is 2.54. The van der Waals surface area contributed by atoms with Crippen molar-refractivity contribution in [1.29, 1.82) is 0 Å². The number of amides is 1. The lowest BCUT2D eigenvalue weighted by Crippen LogP contribution is -2.68. The highest BCUT2D eigenvalue weighted by Crippen LogP contribution is 2.47. The molecule has 2 heterocycles. The van der Waals surface area contributed by atoms with Crippen LogP contribution >= 0.6 is 19.2 Å². The Morgan fingerprint density at radius 2 is 1.63 bits per heavy atom. The predicted octanol–water partition coefficient (Wildman–Crippen LogP) is 6.38. The molecular formula is C36H43ClN3O7PSi. The molecule has 10 nitrogen and oxygen atoms in total. The Labute approximate surface area is 293 Å². The van der Waals surface area contributed by atoms with Crippen molar-refractivity contribution in [3.05, 3.63) is 113 Å². The minimum Gasteiger partial charge on any atom is -0.423 e. The summed E-state index contributed by atoms with van der Waals surface area (Å²) in [5, 5.41) is 4.66. The van der Waals surface area contributed by atoms with E-state index < -0.39 is 40.0 Å². The molecule has 1 aliphatic rings. The summed E-state index contributed by atoms with van der Waals surface area (Å²) >= 11 is 6.21. The van der Waals surface area contributed by atoms with Gasteiger partial charge in [-0.2, -0.15) is 4.98 Å². The molecular weight excluding hydrogens is 681 g/mol. The number of aromatic nitrogens is 2. The van der Waals surface area contributed by atoms with E-state index in [9.17, 15) is 19.0 Å². The monoisotopic (exact) mass is 723 g/mol. The molecule has 0 spiro atoms. The van der Waals surface area contributed by atoms with E-state index in [1.807, 2.05) is 36.4 Å². The third-order valence-corrected chi connectivity index (χ3v) is 15.3. The maximum atomic E-state index is 13.4. The van der Waals surface area contributed by atoms with E-state index in [1.165, 1.54) is 16.8 Å². The topological polar surface area (TPSA) is 129 Å². The predicted molar refractivity (Wildman–Crippen MR) is 194 cm³/mol. The SMILES string of the molecule is CC(C)C(=O)Nc1ccn([C@H]2C[C@H](O[Si](c3ccccc3)(c3ccccc3)C(C)(C)C)[C@@H](CCP(=O)(O)Oc3ccccc3Cl)O2)c(=O)n1. The lowest BCUT2D eigenvalue weighted by molar-refractivity contribution is -0.118. The van der Waals surface area contributed by atoms with Crippen LogP contribution in [0.2, 0.25) is 10.1 Å². The minimum atomic E-state index is -4.18. The normalized spacial score (nSPS) is 19.4. The van der Waals surface area contributed by atoms with E-state index in [-0.39, 0.29) is 52.5 Å². The van der Waals surface area contributed by atoms with Crippen LogP contribution in [0, 0.1) is 5.92 Å². The number of rotatable bonds is 12. The molecule has 2 N–H and O–H groups in total. The van der Waals surface area contributed by atoms with Gasteiger partial charge in [0, 0.05) is 18.5 Å². The molecule has 260 valence electrons. The van der Waals surface area contributed by atoms with E-state index in [4.69, 9.17) is 25.3 Å². The molecule has 4 aromatic rings. The van der Waals surface area contributed by atoms with Crippen LogP contribution in [0.25, 0.3) is 0 Å². The largest absolute Gasteiger partial charge is 0.423 e. The zero-order valence-electron chi connectivity index (χ0n) is 28.3. The van der Waals surface area contributed by atoms with Gasteiger partial charge in [0.25, 0.3) is 8.32 Å². The molecule has 1 fully saturated rings. The summed E-state index contributed by atoms with van der Waals surface area (Å²) in [6, 6.07) is 28.3. The molecule has 1 saturated heterocycles. The van der Waals surface area contributed by atoms with Gasteiger partial charge >= 0.3 is 13.3 Å². The summed E-state index contributed by atoms with van der Waals surface area (Å²) in [6.45, 7) is 10.00. The minimum absolute atomic E-state index is 0.0995. The number of hydrogen-bond donors (Lipinski definition) is 2. The smallest absolute Gasteiger partial charge is 0.376 e. The van der Waals surface area contributed by atoms with E-state index in [0.717, 1.165) is 10.4 Å². The fourth-order valence-electron chi connectivity index (χ4n) is 6.15. The van der Waals surface area contributed by atoms with Crippen molar-refractivity contribution < 1.29 is 27.9 Å². The van der Waals surface area contributed by atoms with Crippen molar-refractivity contribution in [2.45, 2.75) is 70.9 Å². The highest BCUT2D eigenvalue weighted by atomic mass is 35.5. The summed E-state index contributed by atoms with van der Waals surface area (Å²) in [4.78, 5) is 40.5. The first-order valence-corrected chi connectivity index (χ1v) is 20.4. The number of ether oxygens (including phenoxy) is 1. The molecule has 0 radical (unpaired) electrons. The molecule has 3 aromatic carbocycles. The third kappa shape index (κ3) is 8.43. The Bertz CT molecular complexity index is 1810. The summed E-state index contributed by atoms with van der Waals surface area (Å²) in [5.41, 5.74) is -0.605. The van der Waals surface area contributed by atoms with E-state index in [0.29, 0.717) is 0 Å². The van der Waals surface area contributed by atoms with Crippen molar-refractivity contribution in [2.24, 2.45) is 5.92 Å². The van der Waals surface area contributed by atoms with Crippen LogP contribution in [0.3, 0.4) is 0 Å². The average molecular weight is 724 g/mol. The second-order valence-electron chi connectivity index (χ2n) is 13.5. The number of nitrogens with one attached hydrogen (secondary N) is 1. The fourth-order valence-corrected chi connectivity index (χ4v) is 12.2. The van der Waals surface area contributed by atoms with Crippen molar-refractivity contribution in [1.82, 2.24) is 9.55 Å². The molecule has 0 saturated carbocycles. The van der Waals surface area contributed by atoms with Crippen LogP contribution < -0.4 is 25.9 Å². The lowest BCUT2D eigenvalue weighted by Gasteiger charge is -2.45. The van der Waals surface area contributed by atoms with E-state index in [1.54, 1.807) is 38.1 Å². The van der Waals surface area contributed by atoms with Crippen LogP contribution in [0.1, 0.15) is 53.7 Å². The van der Waals surface area contributed by atoms with Crippen molar-refractivity contribution >= 4 is 49.6 Å². The van der Waals surface area contributed by atoms with Gasteiger partial charge in [-0.25, -0.2) is 9.36 Å². The van der Waals surface area contributed by atoms with Gasteiger partial charge in [0.15, 0.2) is 0 Å². The van der Waals surface area contributed by atoms with Gasteiger partial charge in [-0.05, 0) is 40.0 Å². The third-order valence-electron chi connectivity index (χ3n) is 8.62. The molecule has 0 bridgehead atoms. The molecule has 4 atom stereocenters. The Kier molecular flexibility index (Phi) is 11.3. The number of para-hydroxylation sites is 1. The summed E-state index contributed by atoms with van der Waals surface area (Å²) in [7, 11) is -7.27. The van der Waals surface area contributed by atoms with Crippen molar-refractivity contribution in [2.75, 3.05) is 11.5 Å². The van der Waals surface area contributed by atoms with Gasteiger partial charge < -0.3 is 23.9 Å². The number of nitrogens with zero attached hydrogens (tertiary/aromatic N) is 2. The molecule has 1 aliphatic heterocycles. The van der Waals surface area contributed by atoms with Crippen LogP contribution in [-0.4, -0.2) is 47.0 Å². The first kappa shape index (κ1) is 36.7. The second-order valence-corrected chi connectivity index (χ2v) is 20.1. The van der Waals surface area contributed by atoms with Gasteiger partial charge in [-0.3, -0.25) is 9.36 Å². The van der Waals surface area contributed by atoms with Crippen LogP contribution in [-0.2, 0) is 18.5 Å². The summed E-state index contributed by atoms with van der Waals surface area (Å²) in [5.74, 6) is -0.282. The van der Waals surface area contributed by atoms with Gasteiger partial charge in [-0.1, -0.05) is 119 Å². The number of anilines is 1. The maximum Gasteiger partial charge on any atom is 0.376 e. The number of benzene rings is 3. The molecule has 1 aromatic heterocycles. The van der Waals surface area contributed by atoms with Gasteiger partial charge in [0.1, 0.15) is 17.8 Å². The molecule has 0 aliphatic carbocycles. The molecule has 49 heavy (non-hydrogen) atoms. The number of hydrogen-bond acceptors (Lipinski definition) is 7. The maximum absolute atomic E-state index is 13.4. The molecule has 5 rings (SSSR count). The zero-order chi connectivity index (χ0) is 35.4. The standard InChI is InChI=1S/C36H43ClN3O7PSi/c1-25(2)34(41)38-32-20-22-40(35(42)39-32)33-24-31(30(45-33)21-23-48(43,44)46-29-19-13-12-18-28(29)37)47-49(36(3,4)5,26-14-8-6-9-15-26)27-16-10-7-11-17-27/h6-20,22,25,30-31,33H,21,23-24H2,1-5H3,(H,43,44)(H,38,39,41,42)/t30-,31+,33-/m1/s1. The second kappa shape index (κ2) is 15.1. The Balaban J connectivity index is 1.51. The molecule has 13 heteroatoms. The van der Waals surface area contributed by atoms with Crippen molar-refractivity contribution in [3.63, 3.8) is 0 Å². The summed E-state index contributed by atoms with van der Waals surface area (Å²) < 4.78 is 34.2. The van der Waals surface area contributed by atoms with Gasteiger partial charge in [0.05, 0.1) is 23.4 Å². The first-order chi connectivity index (χ1) is 23.2. The van der Waals surface area contributed by atoms with Crippen molar-refractivity contribution in [3.8, 4) is 5.75 Å². The Morgan fingerprint density at radius 3 is 2.18 bits per heavy atom. The van der Waals surface area contributed by atoms with Gasteiger partial charge in [-0.15, -0.1) is 0 Å². The van der Waals surface area contributed by atoms with Crippen LogP contribution in [0.15, 0.2) is 102 Å². The molecule has 1 unspecified atom stereocenters. The van der Waals surface area contributed by atoms with Gasteiger partial charge in [0.2, 0.25) is 5.91 Å². The molecule has 1 amide bonds. The van der Waals surface area contributed by atoms with E-state index in [2.05, 4.69) is 55.3 Å². The fraction of sp³-hybridized carbons (Fsp3) is 0.361. The number of halogens is 1. The van der Waals surface area contributed by atoms with Crippen LogP contribution in [0.4, 0.5) is 5.82 Å². The zero-order valence-corrected chi connectivity index (χ0v) is 30.9. The van der Waals surface area contributed by atoms with E-state index >= 15 is 0 Å². The Hall–Kier alpha value is -3.57. The average Bonchev–Trinajstić information content (AvgIpc) is 3.46. The first-order valence-electron chi connectivity index (χ1n) is 16.3. The quantitative estimate of drug-likeness (QED) is 0.127. The lowest BCUT2D eigenvalue weighted by atomic mass is 10.1. The van der Waals surface area contributed by atoms with Crippen LogP contribution in [0.5, 0.6) is 5.75 Å².